The lowest BCUT2D eigenvalue weighted by atomic mass is 10.2. The van der Waals surface area contributed by atoms with Gasteiger partial charge in [-0.15, -0.1) is 0 Å². The van der Waals surface area contributed by atoms with Crippen molar-refractivity contribution in [2.24, 2.45) is 0 Å². The van der Waals surface area contributed by atoms with E-state index in [9.17, 15) is 26.4 Å². The fraction of sp³-hybridized carbons (Fsp3) is 0.364. The number of hydrogen-bond donors (Lipinski definition) is 2. The van der Waals surface area contributed by atoms with Gasteiger partial charge in [0.1, 0.15) is 6.04 Å². The number of carbonyl (C=O) groups is 1. The molecule has 1 unspecified atom stereocenters. The van der Waals surface area contributed by atoms with Gasteiger partial charge >= 0.3 is 12.1 Å². The molecule has 0 saturated carbocycles. The third kappa shape index (κ3) is 3.70. The summed E-state index contributed by atoms with van der Waals surface area (Å²) < 4.78 is 63.8. The zero-order valence-corrected chi connectivity index (χ0v) is 11.1. The van der Waals surface area contributed by atoms with Crippen molar-refractivity contribution in [1.82, 2.24) is 4.72 Å². The van der Waals surface area contributed by atoms with Crippen LogP contribution in [0.1, 0.15) is 18.9 Å². The van der Waals surface area contributed by atoms with Crippen LogP contribution < -0.4 is 4.72 Å². The number of rotatable bonds is 5. The van der Waals surface area contributed by atoms with Gasteiger partial charge in [0.15, 0.2) is 0 Å². The SMILES string of the molecule is CCC(NS(=O)(=O)c1ccccc1C(F)(F)F)C(=O)O. The molecule has 5 nitrogen and oxygen atoms in total. The normalized spacial score (nSPS) is 14.0. The van der Waals surface area contributed by atoms with Gasteiger partial charge in [0, 0.05) is 0 Å². The molecule has 1 atom stereocenters. The summed E-state index contributed by atoms with van der Waals surface area (Å²) in [6.45, 7) is 1.40. The van der Waals surface area contributed by atoms with Crippen LogP contribution >= 0.6 is 0 Å². The van der Waals surface area contributed by atoms with E-state index < -0.39 is 38.7 Å². The van der Waals surface area contributed by atoms with E-state index in [2.05, 4.69) is 0 Å². The largest absolute Gasteiger partial charge is 0.480 e. The van der Waals surface area contributed by atoms with Crippen LogP contribution in [0.2, 0.25) is 0 Å². The zero-order chi connectivity index (χ0) is 15.6. The second-order valence-corrected chi connectivity index (χ2v) is 5.60. The molecule has 0 aromatic heterocycles. The van der Waals surface area contributed by atoms with Gasteiger partial charge in [0.25, 0.3) is 0 Å². The van der Waals surface area contributed by atoms with Crippen molar-refractivity contribution in [2.45, 2.75) is 30.5 Å². The summed E-state index contributed by atoms with van der Waals surface area (Å²) in [6, 6.07) is 2.10. The predicted molar refractivity (Wildman–Crippen MR) is 63.5 cm³/mol. The molecule has 0 aliphatic heterocycles. The van der Waals surface area contributed by atoms with Crippen molar-refractivity contribution in [3.63, 3.8) is 0 Å². The lowest BCUT2D eigenvalue weighted by Gasteiger charge is -2.16. The zero-order valence-electron chi connectivity index (χ0n) is 10.3. The highest BCUT2D eigenvalue weighted by atomic mass is 32.2. The Kier molecular flexibility index (Phi) is 4.77. The maximum atomic E-state index is 12.7. The van der Waals surface area contributed by atoms with E-state index in [1.54, 1.807) is 4.72 Å². The minimum absolute atomic E-state index is 0.0945. The molecular formula is C11H12F3NO4S. The Morgan fingerprint density at radius 3 is 2.35 bits per heavy atom. The van der Waals surface area contributed by atoms with E-state index in [1.165, 1.54) is 6.92 Å². The third-order valence-corrected chi connectivity index (χ3v) is 4.02. The van der Waals surface area contributed by atoms with Crippen LogP contribution in [0.5, 0.6) is 0 Å². The quantitative estimate of drug-likeness (QED) is 0.869. The summed E-state index contributed by atoms with van der Waals surface area (Å²) in [6.07, 6.45) is -4.95. The lowest BCUT2D eigenvalue weighted by Crippen LogP contribution is -2.40. The van der Waals surface area contributed by atoms with Crippen molar-refractivity contribution in [1.29, 1.82) is 0 Å². The lowest BCUT2D eigenvalue weighted by molar-refractivity contribution is -0.140. The van der Waals surface area contributed by atoms with Gasteiger partial charge in [-0.1, -0.05) is 19.1 Å². The van der Waals surface area contributed by atoms with Crippen molar-refractivity contribution in [2.75, 3.05) is 0 Å². The highest BCUT2D eigenvalue weighted by molar-refractivity contribution is 7.89. The maximum absolute atomic E-state index is 12.7. The topological polar surface area (TPSA) is 83.5 Å². The van der Waals surface area contributed by atoms with E-state index in [0.717, 1.165) is 18.2 Å². The number of sulfonamides is 1. The van der Waals surface area contributed by atoms with Crippen molar-refractivity contribution >= 4 is 16.0 Å². The smallest absolute Gasteiger partial charge is 0.417 e. The number of halogens is 3. The van der Waals surface area contributed by atoms with Gasteiger partial charge in [-0.05, 0) is 18.6 Å². The molecule has 1 aromatic carbocycles. The highest BCUT2D eigenvalue weighted by Gasteiger charge is 2.37. The van der Waals surface area contributed by atoms with Gasteiger partial charge in [-0.25, -0.2) is 8.42 Å². The highest BCUT2D eigenvalue weighted by Crippen LogP contribution is 2.33. The van der Waals surface area contributed by atoms with Crippen LogP contribution in [0, 0.1) is 0 Å². The van der Waals surface area contributed by atoms with Gasteiger partial charge in [0.05, 0.1) is 10.5 Å². The Bertz CT molecular complexity index is 598. The number of alkyl halides is 3. The maximum Gasteiger partial charge on any atom is 0.417 e. The van der Waals surface area contributed by atoms with E-state index >= 15 is 0 Å². The van der Waals surface area contributed by atoms with Crippen LogP contribution in [0.15, 0.2) is 29.2 Å². The van der Waals surface area contributed by atoms with E-state index in [0.29, 0.717) is 6.07 Å². The van der Waals surface area contributed by atoms with Crippen molar-refractivity contribution in [3.05, 3.63) is 29.8 Å². The Morgan fingerprint density at radius 2 is 1.90 bits per heavy atom. The van der Waals surface area contributed by atoms with Crippen LogP contribution in [0.3, 0.4) is 0 Å². The van der Waals surface area contributed by atoms with Crippen LogP contribution in [-0.2, 0) is 21.0 Å². The monoisotopic (exact) mass is 311 g/mol. The van der Waals surface area contributed by atoms with E-state index in [4.69, 9.17) is 5.11 Å². The summed E-state index contributed by atoms with van der Waals surface area (Å²) in [4.78, 5) is 9.78. The molecule has 1 rings (SSSR count). The van der Waals surface area contributed by atoms with E-state index in [-0.39, 0.29) is 6.42 Å². The molecule has 9 heteroatoms. The summed E-state index contributed by atoms with van der Waals surface area (Å²) in [5.74, 6) is -1.46. The molecular weight excluding hydrogens is 299 g/mol. The average molecular weight is 311 g/mol. The van der Waals surface area contributed by atoms with Gasteiger partial charge in [0.2, 0.25) is 10.0 Å². The first-order valence-corrected chi connectivity index (χ1v) is 6.99. The fourth-order valence-electron chi connectivity index (χ4n) is 1.49. The van der Waals surface area contributed by atoms with Gasteiger partial charge in [-0.2, -0.15) is 17.9 Å². The first kappa shape index (κ1) is 16.4. The predicted octanol–water partition coefficient (Wildman–Crippen LogP) is 1.85. The standard InChI is InChI=1S/C11H12F3NO4S/c1-2-8(10(16)17)15-20(18,19)9-6-4-3-5-7(9)11(12,13)14/h3-6,8,15H,2H2,1H3,(H,16,17). The van der Waals surface area contributed by atoms with E-state index in [1.807, 2.05) is 0 Å². The summed E-state index contributed by atoms with van der Waals surface area (Å²) in [7, 11) is -4.58. The Balaban J connectivity index is 3.27. The Labute approximate surface area is 113 Å². The number of carboxylic acid groups (broad SMARTS) is 1. The number of nitrogens with one attached hydrogen (secondary N) is 1. The van der Waals surface area contributed by atoms with Crippen LogP contribution in [0.4, 0.5) is 13.2 Å². The number of aliphatic carboxylic acids is 1. The molecule has 0 aliphatic carbocycles. The molecule has 0 saturated heterocycles. The molecule has 2 N–H and O–H groups in total. The summed E-state index contributed by atoms with van der Waals surface area (Å²) in [5, 5.41) is 8.76. The first-order valence-electron chi connectivity index (χ1n) is 5.51. The third-order valence-electron chi connectivity index (χ3n) is 2.49. The second-order valence-electron chi connectivity index (χ2n) is 3.91. The second kappa shape index (κ2) is 5.80. The molecule has 1 aromatic rings. The van der Waals surface area contributed by atoms with Crippen LogP contribution in [-0.4, -0.2) is 25.5 Å². The molecule has 0 radical (unpaired) electrons. The van der Waals surface area contributed by atoms with Crippen molar-refractivity contribution in [3.8, 4) is 0 Å². The number of benzene rings is 1. The molecule has 0 fully saturated rings. The molecule has 0 heterocycles. The minimum Gasteiger partial charge on any atom is -0.480 e. The van der Waals surface area contributed by atoms with Crippen LogP contribution in [0.25, 0.3) is 0 Å². The minimum atomic E-state index is -4.85. The van der Waals surface area contributed by atoms with Crippen molar-refractivity contribution < 1.29 is 31.5 Å². The molecule has 0 bridgehead atoms. The number of carboxylic acids is 1. The molecule has 0 spiro atoms. The fourth-order valence-corrected chi connectivity index (χ4v) is 2.99. The summed E-state index contributed by atoms with van der Waals surface area (Å²) >= 11 is 0. The molecule has 0 aliphatic rings. The first-order chi connectivity index (χ1) is 9.09. The average Bonchev–Trinajstić information content (AvgIpc) is 2.34. The van der Waals surface area contributed by atoms with Gasteiger partial charge < -0.3 is 5.11 Å². The Hall–Kier alpha value is -1.61. The molecule has 112 valence electrons. The Morgan fingerprint density at radius 1 is 1.35 bits per heavy atom. The summed E-state index contributed by atoms with van der Waals surface area (Å²) in [5.41, 5.74) is -1.34. The van der Waals surface area contributed by atoms with Gasteiger partial charge in [-0.3, -0.25) is 4.79 Å². The number of hydrogen-bond acceptors (Lipinski definition) is 3. The molecule has 20 heavy (non-hydrogen) atoms. The molecule has 0 amide bonds.